The van der Waals surface area contributed by atoms with Crippen molar-refractivity contribution in [3.63, 3.8) is 0 Å². The molecule has 0 radical (unpaired) electrons. The summed E-state index contributed by atoms with van der Waals surface area (Å²) in [6.45, 7) is 2.12. The average molecular weight is 597 g/mol. The number of guanidine groups is 1. The number of sulfonamides is 2. The largest absolute Gasteiger partial charge is 0.345 e. The Kier molecular flexibility index (Phi) is 7.66. The monoisotopic (exact) mass is 596 g/mol. The third-order valence-corrected chi connectivity index (χ3v) is 10.8. The Bertz CT molecular complexity index is 1650. The molecule has 0 saturated carbocycles. The maximum atomic E-state index is 15.4. The molecule has 40 heavy (non-hydrogen) atoms. The first kappa shape index (κ1) is 29.0. The molecular weight excluding hydrogens is 570 g/mol. The van der Waals surface area contributed by atoms with Crippen LogP contribution in [0.4, 0.5) is 14.5 Å². The molecular formula is C23H26F2N8O5S2. The summed E-state index contributed by atoms with van der Waals surface area (Å²) in [5.74, 6) is -2.82. The Morgan fingerprint density at radius 1 is 1.25 bits per heavy atom. The van der Waals surface area contributed by atoms with Crippen LogP contribution in [0.15, 0.2) is 53.8 Å². The van der Waals surface area contributed by atoms with Crippen LogP contribution in [0, 0.1) is 17.0 Å². The van der Waals surface area contributed by atoms with E-state index in [4.69, 9.17) is 5.41 Å². The van der Waals surface area contributed by atoms with Gasteiger partial charge in [0.05, 0.1) is 17.9 Å². The maximum absolute atomic E-state index is 15.4. The second-order valence-electron chi connectivity index (χ2n) is 9.08. The summed E-state index contributed by atoms with van der Waals surface area (Å²) in [5, 5.41) is 17.9. The van der Waals surface area contributed by atoms with Crippen LogP contribution in [-0.2, 0) is 25.6 Å². The van der Waals surface area contributed by atoms with Crippen LogP contribution >= 0.6 is 0 Å². The van der Waals surface area contributed by atoms with Gasteiger partial charge in [-0.3, -0.25) is 15.3 Å². The number of carbonyl (C=O) groups is 1. The number of halogens is 2. The van der Waals surface area contributed by atoms with Crippen LogP contribution in [0.25, 0.3) is 0 Å². The lowest BCUT2D eigenvalue weighted by atomic mass is 9.87. The number of carbonyl (C=O) groups excluding carboxylic acids is 1. The normalized spacial score (nSPS) is 20.8. The van der Waals surface area contributed by atoms with E-state index >= 15 is 4.39 Å². The first-order valence-corrected chi connectivity index (χ1v) is 14.7. The molecule has 0 spiro atoms. The lowest BCUT2D eigenvalue weighted by Crippen LogP contribution is -2.68. The number of pyridine rings is 1. The number of rotatable bonds is 8. The molecule has 4 rings (SSSR count). The van der Waals surface area contributed by atoms with Gasteiger partial charge in [0.25, 0.3) is 5.91 Å². The number of hydrogen-bond donors (Lipinski definition) is 4. The van der Waals surface area contributed by atoms with Gasteiger partial charge in [-0.2, -0.15) is 9.40 Å². The average Bonchev–Trinajstić information content (AvgIpc) is 3.45. The summed E-state index contributed by atoms with van der Waals surface area (Å²) in [4.78, 5) is 16.1. The molecule has 13 nitrogen and oxygen atoms in total. The minimum Gasteiger partial charge on any atom is -0.345 e. The molecule has 1 fully saturated rings. The van der Waals surface area contributed by atoms with Gasteiger partial charge in [-0.1, -0.05) is 6.92 Å². The maximum Gasteiger partial charge on any atom is 0.274 e. The lowest BCUT2D eigenvalue weighted by Gasteiger charge is -2.47. The molecule has 2 aromatic heterocycles. The van der Waals surface area contributed by atoms with E-state index in [1.165, 1.54) is 26.0 Å². The molecule has 0 bridgehead atoms. The first-order chi connectivity index (χ1) is 18.7. The van der Waals surface area contributed by atoms with E-state index in [2.05, 4.69) is 25.8 Å². The van der Waals surface area contributed by atoms with Crippen LogP contribution in [0.5, 0.6) is 0 Å². The quantitative estimate of drug-likeness (QED) is 0.301. The van der Waals surface area contributed by atoms with Crippen LogP contribution in [0.1, 0.15) is 29.9 Å². The number of hydrogen-bond acceptors (Lipinski definition) is 8. The number of aromatic nitrogens is 3. The highest BCUT2D eigenvalue weighted by atomic mass is 32.2. The summed E-state index contributed by atoms with van der Waals surface area (Å²) >= 11 is 0. The number of amides is 1. The molecule has 1 aliphatic heterocycles. The van der Waals surface area contributed by atoms with Crippen LogP contribution in [0.2, 0.25) is 0 Å². The number of nitrogens with one attached hydrogen (secondary N) is 4. The SMILES string of the molecule is CCN(C[C@H]1[C@@](C)(c2cc(NC(=O)c3ccc(F)cn3)ccc2F)NC(=N)N(C)S1(=O)=O)S(=O)(=O)c1cn[nH]c1. The van der Waals surface area contributed by atoms with E-state index in [1.54, 1.807) is 0 Å². The van der Waals surface area contributed by atoms with Crippen molar-refractivity contribution >= 4 is 37.6 Å². The lowest BCUT2D eigenvalue weighted by molar-refractivity contribution is 0.102. The fourth-order valence-electron chi connectivity index (χ4n) is 4.36. The zero-order valence-electron chi connectivity index (χ0n) is 21.5. The first-order valence-electron chi connectivity index (χ1n) is 11.8. The summed E-state index contributed by atoms with van der Waals surface area (Å²) in [6, 6.07) is 5.61. The molecule has 1 saturated heterocycles. The molecule has 17 heteroatoms. The second-order valence-corrected chi connectivity index (χ2v) is 13.2. The zero-order chi connectivity index (χ0) is 29.5. The Labute approximate surface area is 229 Å². The number of benzene rings is 1. The fraction of sp³-hybridized carbons (Fsp3) is 0.304. The van der Waals surface area contributed by atoms with E-state index < -0.39 is 60.9 Å². The van der Waals surface area contributed by atoms with Crippen molar-refractivity contribution in [2.45, 2.75) is 29.5 Å². The van der Waals surface area contributed by atoms with Gasteiger partial charge in [-0.15, -0.1) is 0 Å². The summed E-state index contributed by atoms with van der Waals surface area (Å²) in [7, 11) is -7.50. The summed E-state index contributed by atoms with van der Waals surface area (Å²) in [5.41, 5.74) is -2.20. The molecule has 2 atom stereocenters. The number of anilines is 1. The number of nitrogens with zero attached hydrogens (tertiary/aromatic N) is 4. The highest BCUT2D eigenvalue weighted by molar-refractivity contribution is 7.91. The highest BCUT2D eigenvalue weighted by Gasteiger charge is 2.54. The van der Waals surface area contributed by atoms with Gasteiger partial charge in [0.15, 0.2) is 0 Å². The molecule has 1 amide bonds. The highest BCUT2D eigenvalue weighted by Crippen LogP contribution is 2.38. The Balaban J connectivity index is 1.77. The second kappa shape index (κ2) is 10.5. The van der Waals surface area contributed by atoms with Gasteiger partial charge in [-0.05, 0) is 37.3 Å². The number of H-pyrrole nitrogens is 1. The van der Waals surface area contributed by atoms with Crippen molar-refractivity contribution in [3.05, 3.63) is 71.8 Å². The fourth-order valence-corrected chi connectivity index (χ4v) is 7.65. The van der Waals surface area contributed by atoms with Gasteiger partial charge >= 0.3 is 0 Å². The van der Waals surface area contributed by atoms with Crippen LogP contribution in [0.3, 0.4) is 0 Å². The number of aromatic amines is 1. The van der Waals surface area contributed by atoms with Gasteiger partial charge < -0.3 is 10.6 Å². The van der Waals surface area contributed by atoms with E-state index in [0.29, 0.717) is 4.31 Å². The van der Waals surface area contributed by atoms with E-state index in [1.807, 2.05) is 0 Å². The predicted molar refractivity (Wildman–Crippen MR) is 140 cm³/mol. The van der Waals surface area contributed by atoms with Gasteiger partial charge in [0.2, 0.25) is 26.0 Å². The van der Waals surface area contributed by atoms with E-state index in [0.717, 1.165) is 48.1 Å². The Morgan fingerprint density at radius 3 is 2.58 bits per heavy atom. The molecule has 4 N–H and O–H groups in total. The Morgan fingerprint density at radius 2 is 1.98 bits per heavy atom. The van der Waals surface area contributed by atoms with E-state index in [9.17, 15) is 26.0 Å². The topological polar surface area (TPSA) is 181 Å². The third kappa shape index (κ3) is 5.14. The molecule has 0 aliphatic carbocycles. The Hall–Kier alpha value is -3.96. The molecule has 1 aliphatic rings. The summed E-state index contributed by atoms with van der Waals surface area (Å²) < 4.78 is 83.9. The van der Waals surface area contributed by atoms with Crippen molar-refractivity contribution in [3.8, 4) is 0 Å². The smallest absolute Gasteiger partial charge is 0.274 e. The van der Waals surface area contributed by atoms with Crippen LogP contribution in [-0.4, -0.2) is 77.9 Å². The molecule has 214 valence electrons. The third-order valence-electron chi connectivity index (χ3n) is 6.66. The molecule has 3 heterocycles. The minimum atomic E-state index is -4.42. The zero-order valence-corrected chi connectivity index (χ0v) is 23.1. The summed E-state index contributed by atoms with van der Waals surface area (Å²) in [6.07, 6.45) is 3.08. The van der Waals surface area contributed by atoms with Crippen molar-refractivity contribution in [1.82, 2.24) is 29.1 Å². The molecule has 1 aromatic carbocycles. The molecule has 3 aromatic rings. The van der Waals surface area contributed by atoms with Crippen molar-refractivity contribution < 1.29 is 30.4 Å². The van der Waals surface area contributed by atoms with E-state index in [-0.39, 0.29) is 28.4 Å². The predicted octanol–water partition coefficient (Wildman–Crippen LogP) is 1.43. The van der Waals surface area contributed by atoms with Gasteiger partial charge in [0.1, 0.15) is 27.5 Å². The van der Waals surface area contributed by atoms with Crippen molar-refractivity contribution in [2.75, 3.05) is 25.5 Å². The molecule has 0 unspecified atom stereocenters. The van der Waals surface area contributed by atoms with Gasteiger partial charge in [0, 0.05) is 37.6 Å². The van der Waals surface area contributed by atoms with Gasteiger partial charge in [-0.25, -0.2) is 34.9 Å². The van der Waals surface area contributed by atoms with Crippen molar-refractivity contribution in [1.29, 1.82) is 5.41 Å². The standard InChI is InChI=1S/C23H26F2N8O5S2/c1-4-33(39(35,36)16-11-28-29-12-16)13-20-23(2,31-22(26)32(3)40(20,37)38)17-9-15(6-7-18(17)25)30-21(34)19-8-5-14(24)10-27-19/h5-12,20H,4,13H2,1-3H3,(H2,26,31)(H,28,29)(H,30,34)/t20-,23+/m0/s1. The van der Waals surface area contributed by atoms with Crippen molar-refractivity contribution in [2.24, 2.45) is 0 Å². The minimum absolute atomic E-state index is 0.0514. The van der Waals surface area contributed by atoms with Crippen LogP contribution < -0.4 is 10.6 Å².